The lowest BCUT2D eigenvalue weighted by molar-refractivity contribution is 0.578. The number of hydrogen-bond acceptors (Lipinski definition) is 2. The second-order valence-electron chi connectivity index (χ2n) is 3.66. The average molecular weight is 341 g/mol. The lowest BCUT2D eigenvalue weighted by atomic mass is 10.2. The van der Waals surface area contributed by atoms with Crippen LogP contribution in [0.15, 0.2) is 28.7 Å². The number of benzene rings is 1. The summed E-state index contributed by atoms with van der Waals surface area (Å²) in [5, 5.41) is 0. The molecule has 0 atom stereocenters. The second-order valence-corrected chi connectivity index (χ2v) is 6.88. The third-order valence-electron chi connectivity index (χ3n) is 2.21. The van der Waals surface area contributed by atoms with Crippen molar-refractivity contribution >= 4 is 37.6 Å². The summed E-state index contributed by atoms with van der Waals surface area (Å²) in [7, 11) is -3.18. The first-order valence-corrected chi connectivity index (χ1v) is 8.29. The Hall–Kier alpha value is -0.100. The molecule has 0 saturated heterocycles. The standard InChI is InChI=1S/C11H15BrClNO2S/c12-11-5-3-10(4-6-11)9-14-17(15,16)8-2-1-7-13/h3-6,14H,1-2,7-9H2. The van der Waals surface area contributed by atoms with Crippen molar-refractivity contribution in [3.8, 4) is 0 Å². The smallest absolute Gasteiger partial charge is 0.211 e. The van der Waals surface area contributed by atoms with Crippen LogP contribution >= 0.6 is 27.5 Å². The number of unbranched alkanes of at least 4 members (excludes halogenated alkanes) is 1. The fourth-order valence-electron chi connectivity index (χ4n) is 1.25. The highest BCUT2D eigenvalue weighted by Gasteiger charge is 2.08. The molecule has 0 aliphatic rings. The summed E-state index contributed by atoms with van der Waals surface area (Å²) in [6.07, 6.45) is 1.32. The summed E-state index contributed by atoms with van der Waals surface area (Å²) in [6, 6.07) is 7.53. The van der Waals surface area contributed by atoms with Crippen LogP contribution in [-0.2, 0) is 16.6 Å². The molecule has 0 fully saturated rings. The Morgan fingerprint density at radius 1 is 1.18 bits per heavy atom. The normalized spacial score (nSPS) is 11.6. The number of halogens is 2. The van der Waals surface area contributed by atoms with E-state index >= 15 is 0 Å². The number of rotatable bonds is 7. The number of alkyl halides is 1. The molecule has 0 unspecified atom stereocenters. The molecule has 0 radical (unpaired) electrons. The average Bonchev–Trinajstić information content (AvgIpc) is 2.29. The van der Waals surface area contributed by atoms with E-state index in [1.54, 1.807) is 0 Å². The highest BCUT2D eigenvalue weighted by Crippen LogP contribution is 2.10. The molecular formula is C11H15BrClNO2S. The maximum Gasteiger partial charge on any atom is 0.211 e. The molecule has 1 N–H and O–H groups in total. The summed E-state index contributed by atoms with van der Waals surface area (Å²) in [5.74, 6) is 0.637. The molecule has 0 spiro atoms. The van der Waals surface area contributed by atoms with Crippen LogP contribution in [-0.4, -0.2) is 20.1 Å². The van der Waals surface area contributed by atoms with E-state index < -0.39 is 10.0 Å². The van der Waals surface area contributed by atoms with Gasteiger partial charge in [-0.05, 0) is 30.5 Å². The van der Waals surface area contributed by atoms with Crippen LogP contribution in [0.3, 0.4) is 0 Å². The SMILES string of the molecule is O=S(=O)(CCCCCl)NCc1ccc(Br)cc1. The Morgan fingerprint density at radius 3 is 2.41 bits per heavy atom. The zero-order valence-corrected chi connectivity index (χ0v) is 12.5. The van der Waals surface area contributed by atoms with E-state index in [4.69, 9.17) is 11.6 Å². The first-order chi connectivity index (χ1) is 8.03. The van der Waals surface area contributed by atoms with Gasteiger partial charge in [-0.15, -0.1) is 11.6 Å². The van der Waals surface area contributed by atoms with E-state index in [9.17, 15) is 8.42 Å². The van der Waals surface area contributed by atoms with Crippen molar-refractivity contribution in [1.29, 1.82) is 0 Å². The van der Waals surface area contributed by atoms with Crippen molar-refractivity contribution in [3.63, 3.8) is 0 Å². The number of hydrogen-bond donors (Lipinski definition) is 1. The Bertz CT molecular complexity index is 433. The predicted molar refractivity (Wildman–Crippen MR) is 74.7 cm³/mol. The van der Waals surface area contributed by atoms with Gasteiger partial charge in [-0.25, -0.2) is 13.1 Å². The minimum absolute atomic E-state index is 0.135. The van der Waals surface area contributed by atoms with Crippen molar-refractivity contribution in [1.82, 2.24) is 4.72 Å². The van der Waals surface area contributed by atoms with E-state index in [1.807, 2.05) is 24.3 Å². The summed E-state index contributed by atoms with van der Waals surface area (Å²) >= 11 is 8.83. The Balaban J connectivity index is 2.41. The van der Waals surface area contributed by atoms with E-state index in [1.165, 1.54) is 0 Å². The number of sulfonamides is 1. The largest absolute Gasteiger partial charge is 0.212 e. The van der Waals surface area contributed by atoms with Crippen LogP contribution in [0.5, 0.6) is 0 Å². The summed E-state index contributed by atoms with van der Waals surface area (Å²) in [5.41, 5.74) is 0.939. The minimum Gasteiger partial charge on any atom is -0.212 e. The van der Waals surface area contributed by atoms with Crippen molar-refractivity contribution in [2.45, 2.75) is 19.4 Å². The molecule has 0 heterocycles. The van der Waals surface area contributed by atoms with Crippen molar-refractivity contribution in [3.05, 3.63) is 34.3 Å². The number of nitrogens with one attached hydrogen (secondary N) is 1. The Morgan fingerprint density at radius 2 is 1.82 bits per heavy atom. The molecule has 0 amide bonds. The van der Waals surface area contributed by atoms with Gasteiger partial charge in [-0.3, -0.25) is 0 Å². The van der Waals surface area contributed by atoms with E-state index in [2.05, 4.69) is 20.7 Å². The molecule has 3 nitrogen and oxygen atoms in total. The van der Waals surface area contributed by atoms with Crippen molar-refractivity contribution in [2.75, 3.05) is 11.6 Å². The third kappa shape index (κ3) is 6.41. The second kappa shape index (κ2) is 7.36. The Kier molecular flexibility index (Phi) is 6.48. The maximum absolute atomic E-state index is 11.6. The molecule has 0 saturated carbocycles. The van der Waals surface area contributed by atoms with E-state index in [0.717, 1.165) is 16.5 Å². The van der Waals surface area contributed by atoms with Gasteiger partial charge in [-0.1, -0.05) is 28.1 Å². The molecule has 1 rings (SSSR count). The van der Waals surface area contributed by atoms with Gasteiger partial charge in [0, 0.05) is 16.9 Å². The van der Waals surface area contributed by atoms with E-state index in [-0.39, 0.29) is 5.75 Å². The summed E-state index contributed by atoms with van der Waals surface area (Å²) in [6.45, 7) is 0.330. The first-order valence-electron chi connectivity index (χ1n) is 5.31. The fourth-order valence-corrected chi connectivity index (χ4v) is 2.82. The van der Waals surface area contributed by atoms with Crippen molar-refractivity contribution in [2.24, 2.45) is 0 Å². The summed E-state index contributed by atoms with van der Waals surface area (Å²) in [4.78, 5) is 0. The van der Waals surface area contributed by atoms with Gasteiger partial charge in [0.1, 0.15) is 0 Å². The molecule has 17 heavy (non-hydrogen) atoms. The Labute approximate surface area is 116 Å². The van der Waals surface area contributed by atoms with Crippen LogP contribution in [0.25, 0.3) is 0 Å². The first kappa shape index (κ1) is 15.0. The van der Waals surface area contributed by atoms with Crippen LogP contribution < -0.4 is 4.72 Å². The van der Waals surface area contributed by atoms with Gasteiger partial charge in [0.15, 0.2) is 0 Å². The van der Waals surface area contributed by atoms with Crippen LogP contribution in [0.1, 0.15) is 18.4 Å². The van der Waals surface area contributed by atoms with Gasteiger partial charge in [0.05, 0.1) is 5.75 Å². The topological polar surface area (TPSA) is 46.2 Å². The highest BCUT2D eigenvalue weighted by atomic mass is 79.9. The summed E-state index contributed by atoms with van der Waals surface area (Å²) < 4.78 is 26.7. The zero-order valence-electron chi connectivity index (χ0n) is 9.33. The van der Waals surface area contributed by atoms with Gasteiger partial charge in [-0.2, -0.15) is 0 Å². The molecule has 96 valence electrons. The molecular weight excluding hydrogens is 326 g/mol. The van der Waals surface area contributed by atoms with Gasteiger partial charge >= 0.3 is 0 Å². The maximum atomic E-state index is 11.6. The molecule has 6 heteroatoms. The van der Waals surface area contributed by atoms with Crippen molar-refractivity contribution < 1.29 is 8.42 Å². The van der Waals surface area contributed by atoms with Crippen LogP contribution in [0.2, 0.25) is 0 Å². The molecule has 1 aromatic carbocycles. The quantitative estimate of drug-likeness (QED) is 0.613. The monoisotopic (exact) mass is 339 g/mol. The zero-order chi connectivity index (χ0) is 12.7. The third-order valence-corrected chi connectivity index (χ3v) is 4.41. The van der Waals surface area contributed by atoms with Gasteiger partial charge in [0.25, 0.3) is 0 Å². The van der Waals surface area contributed by atoms with Crippen LogP contribution in [0.4, 0.5) is 0 Å². The lowest BCUT2D eigenvalue weighted by Crippen LogP contribution is -2.25. The lowest BCUT2D eigenvalue weighted by Gasteiger charge is -2.06. The van der Waals surface area contributed by atoms with E-state index in [0.29, 0.717) is 18.8 Å². The molecule has 0 aromatic heterocycles. The molecule has 1 aromatic rings. The van der Waals surface area contributed by atoms with Crippen LogP contribution in [0, 0.1) is 0 Å². The van der Waals surface area contributed by atoms with Gasteiger partial charge in [0.2, 0.25) is 10.0 Å². The molecule has 0 aliphatic heterocycles. The fraction of sp³-hybridized carbons (Fsp3) is 0.455. The molecule has 0 bridgehead atoms. The predicted octanol–water partition coefficient (Wildman–Crippen LogP) is 2.89. The van der Waals surface area contributed by atoms with Gasteiger partial charge < -0.3 is 0 Å². The minimum atomic E-state index is -3.18. The highest BCUT2D eigenvalue weighted by molar-refractivity contribution is 9.10. The molecule has 0 aliphatic carbocycles.